The number of carbonyl (C=O) groups is 1. The molecule has 3 heterocycles. The van der Waals surface area contributed by atoms with Crippen LogP contribution < -0.4 is 4.90 Å². The zero-order valence-corrected chi connectivity index (χ0v) is 12.1. The fraction of sp³-hybridized carbons (Fsp3) is 0.400. The number of benzene rings is 1. The van der Waals surface area contributed by atoms with Crippen molar-refractivity contribution in [2.24, 2.45) is 5.92 Å². The summed E-state index contributed by atoms with van der Waals surface area (Å²) in [6.45, 7) is 1.88. The highest BCUT2D eigenvalue weighted by Gasteiger charge is 2.45. The number of amides is 1. The predicted molar refractivity (Wildman–Crippen MR) is 78.3 cm³/mol. The number of nitrogens with zero attached hydrogens (tertiary/aromatic N) is 4. The van der Waals surface area contributed by atoms with Gasteiger partial charge in [-0.15, -0.1) is 0 Å². The molecule has 120 valence electrons. The Morgan fingerprint density at radius 1 is 1.22 bits per heavy atom. The van der Waals surface area contributed by atoms with Crippen molar-refractivity contribution in [3.8, 4) is 0 Å². The van der Waals surface area contributed by atoms with E-state index in [4.69, 9.17) is 5.11 Å². The van der Waals surface area contributed by atoms with E-state index in [1.54, 1.807) is 0 Å². The summed E-state index contributed by atoms with van der Waals surface area (Å²) < 4.78 is 26.6. The van der Waals surface area contributed by atoms with Crippen molar-refractivity contribution < 1.29 is 18.7 Å². The van der Waals surface area contributed by atoms with E-state index in [-0.39, 0.29) is 11.6 Å². The molecule has 23 heavy (non-hydrogen) atoms. The Labute approximate surface area is 130 Å². The SMILES string of the molecule is O=C(O)N1CC2CCN(c3cnc4cc(F)c(F)cc4n3)CC21. The molecule has 1 aromatic heterocycles. The average molecular weight is 320 g/mol. The lowest BCUT2D eigenvalue weighted by atomic mass is 9.83. The van der Waals surface area contributed by atoms with Crippen LogP contribution in [0.2, 0.25) is 0 Å². The molecule has 2 aromatic rings. The van der Waals surface area contributed by atoms with Crippen LogP contribution in [0.4, 0.5) is 19.4 Å². The molecular weight excluding hydrogens is 306 g/mol. The number of carboxylic acid groups (broad SMARTS) is 1. The quantitative estimate of drug-likeness (QED) is 0.871. The molecule has 2 aliphatic heterocycles. The molecule has 0 aliphatic carbocycles. The van der Waals surface area contributed by atoms with Gasteiger partial charge in [-0.25, -0.2) is 18.6 Å². The predicted octanol–water partition coefficient (Wildman–Crippen LogP) is 2.10. The van der Waals surface area contributed by atoms with E-state index >= 15 is 0 Å². The van der Waals surface area contributed by atoms with Crippen molar-refractivity contribution in [1.29, 1.82) is 0 Å². The van der Waals surface area contributed by atoms with Crippen LogP contribution >= 0.6 is 0 Å². The average Bonchev–Trinajstić information content (AvgIpc) is 2.49. The van der Waals surface area contributed by atoms with E-state index in [1.165, 1.54) is 11.1 Å². The van der Waals surface area contributed by atoms with E-state index in [2.05, 4.69) is 9.97 Å². The van der Waals surface area contributed by atoms with Crippen LogP contribution in [0.15, 0.2) is 18.3 Å². The largest absolute Gasteiger partial charge is 0.465 e. The van der Waals surface area contributed by atoms with Gasteiger partial charge in [-0.05, 0) is 6.42 Å². The molecule has 0 bridgehead atoms. The lowest BCUT2D eigenvalue weighted by Crippen LogP contribution is -2.65. The van der Waals surface area contributed by atoms with Gasteiger partial charge in [0.2, 0.25) is 0 Å². The molecule has 6 nitrogen and oxygen atoms in total. The Morgan fingerprint density at radius 2 is 1.96 bits per heavy atom. The molecule has 2 saturated heterocycles. The van der Waals surface area contributed by atoms with Crippen LogP contribution in [0.25, 0.3) is 11.0 Å². The molecule has 8 heteroatoms. The van der Waals surface area contributed by atoms with Gasteiger partial charge in [0, 0.05) is 37.7 Å². The summed E-state index contributed by atoms with van der Waals surface area (Å²) in [5.41, 5.74) is 0.575. The smallest absolute Gasteiger partial charge is 0.407 e. The van der Waals surface area contributed by atoms with Gasteiger partial charge >= 0.3 is 6.09 Å². The van der Waals surface area contributed by atoms with Gasteiger partial charge in [0.25, 0.3) is 0 Å². The van der Waals surface area contributed by atoms with Crippen LogP contribution in [0, 0.1) is 17.6 Å². The molecule has 1 aromatic carbocycles. The Balaban J connectivity index is 1.61. The zero-order valence-electron chi connectivity index (χ0n) is 12.1. The lowest BCUT2D eigenvalue weighted by molar-refractivity contribution is 0.0135. The minimum atomic E-state index is -0.960. The van der Waals surface area contributed by atoms with Gasteiger partial charge in [0.15, 0.2) is 11.6 Å². The molecule has 2 unspecified atom stereocenters. The third-order valence-electron chi connectivity index (χ3n) is 4.69. The van der Waals surface area contributed by atoms with E-state index in [0.29, 0.717) is 30.3 Å². The molecule has 2 fully saturated rings. The minimum Gasteiger partial charge on any atom is -0.465 e. The van der Waals surface area contributed by atoms with Gasteiger partial charge in [-0.2, -0.15) is 0 Å². The number of halogens is 2. The maximum Gasteiger partial charge on any atom is 0.407 e. The number of piperidine rings is 1. The molecule has 1 N–H and O–H groups in total. The summed E-state index contributed by atoms with van der Waals surface area (Å²) in [4.78, 5) is 23.0. The summed E-state index contributed by atoms with van der Waals surface area (Å²) in [5.74, 6) is -0.966. The summed E-state index contributed by atoms with van der Waals surface area (Å²) in [6, 6.07) is 2.01. The number of rotatable bonds is 1. The molecule has 2 aliphatic rings. The molecule has 2 atom stereocenters. The van der Waals surface area contributed by atoms with Gasteiger partial charge in [0.05, 0.1) is 23.3 Å². The standard InChI is InChI=1S/C15H14F2N4O2/c16-9-3-11-12(4-10(9)17)19-14(5-18-11)20-2-1-8-6-21(15(22)23)13(8)7-20/h3-5,8,13H,1-2,6-7H2,(H,22,23). The van der Waals surface area contributed by atoms with E-state index in [9.17, 15) is 13.6 Å². The first-order valence-electron chi connectivity index (χ1n) is 7.39. The van der Waals surface area contributed by atoms with Crippen molar-refractivity contribution in [2.75, 3.05) is 24.5 Å². The van der Waals surface area contributed by atoms with Crippen molar-refractivity contribution >= 4 is 22.9 Å². The molecule has 4 rings (SSSR count). The highest BCUT2D eigenvalue weighted by atomic mass is 19.2. The molecular formula is C15H14F2N4O2. The molecule has 1 amide bonds. The summed E-state index contributed by atoms with van der Waals surface area (Å²) in [6.07, 6.45) is 1.49. The van der Waals surface area contributed by atoms with Crippen LogP contribution in [0.1, 0.15) is 6.42 Å². The number of anilines is 1. The molecule has 0 saturated carbocycles. The first-order valence-corrected chi connectivity index (χ1v) is 7.39. The second-order valence-electron chi connectivity index (χ2n) is 5.98. The van der Waals surface area contributed by atoms with Crippen LogP contribution in [-0.4, -0.2) is 51.7 Å². The van der Waals surface area contributed by atoms with Crippen molar-refractivity contribution in [1.82, 2.24) is 14.9 Å². The number of hydrogen-bond donors (Lipinski definition) is 1. The Hall–Kier alpha value is -2.51. The topological polar surface area (TPSA) is 69.6 Å². The zero-order chi connectivity index (χ0) is 16.1. The minimum absolute atomic E-state index is 0.0382. The maximum atomic E-state index is 13.4. The third-order valence-corrected chi connectivity index (χ3v) is 4.69. The van der Waals surface area contributed by atoms with E-state index < -0.39 is 17.7 Å². The highest BCUT2D eigenvalue weighted by Crippen LogP contribution is 2.34. The van der Waals surface area contributed by atoms with Gasteiger partial charge < -0.3 is 14.9 Å². The van der Waals surface area contributed by atoms with Crippen LogP contribution in [0.5, 0.6) is 0 Å². The van der Waals surface area contributed by atoms with Crippen molar-refractivity contribution in [2.45, 2.75) is 12.5 Å². The monoisotopic (exact) mass is 320 g/mol. The van der Waals surface area contributed by atoms with Crippen molar-refractivity contribution in [3.63, 3.8) is 0 Å². The summed E-state index contributed by atoms with van der Waals surface area (Å²) >= 11 is 0. The van der Waals surface area contributed by atoms with Gasteiger partial charge in [-0.3, -0.25) is 4.98 Å². The summed E-state index contributed by atoms with van der Waals surface area (Å²) in [7, 11) is 0. The fourth-order valence-corrected chi connectivity index (χ4v) is 3.38. The van der Waals surface area contributed by atoms with Crippen LogP contribution in [-0.2, 0) is 0 Å². The molecule has 0 spiro atoms. The Bertz CT molecular complexity index is 800. The second-order valence-corrected chi connectivity index (χ2v) is 5.98. The van der Waals surface area contributed by atoms with Gasteiger partial charge in [0.1, 0.15) is 5.82 Å². The Kier molecular flexibility index (Phi) is 3.07. The Morgan fingerprint density at radius 3 is 2.70 bits per heavy atom. The number of likely N-dealkylation sites (tertiary alicyclic amines) is 1. The first kappa shape index (κ1) is 14.1. The summed E-state index contributed by atoms with van der Waals surface area (Å²) in [5, 5.41) is 9.13. The number of hydrogen-bond acceptors (Lipinski definition) is 4. The number of fused-ring (bicyclic) bond motifs is 2. The highest BCUT2D eigenvalue weighted by molar-refractivity contribution is 5.76. The molecule has 0 radical (unpaired) electrons. The van der Waals surface area contributed by atoms with E-state index in [0.717, 1.165) is 25.1 Å². The first-order chi connectivity index (χ1) is 11.0. The number of aromatic nitrogens is 2. The second kappa shape index (κ2) is 5.00. The van der Waals surface area contributed by atoms with Crippen LogP contribution in [0.3, 0.4) is 0 Å². The van der Waals surface area contributed by atoms with Crippen molar-refractivity contribution in [3.05, 3.63) is 30.0 Å². The maximum absolute atomic E-state index is 13.4. The van der Waals surface area contributed by atoms with Gasteiger partial charge in [-0.1, -0.05) is 0 Å². The third kappa shape index (κ3) is 2.25. The normalized spacial score (nSPS) is 23.6. The lowest BCUT2D eigenvalue weighted by Gasteiger charge is -2.52. The van der Waals surface area contributed by atoms with E-state index in [1.807, 2.05) is 4.90 Å². The fourth-order valence-electron chi connectivity index (χ4n) is 3.38.